The predicted molar refractivity (Wildman–Crippen MR) is 97.0 cm³/mol. The van der Waals surface area contributed by atoms with Crippen LogP contribution in [-0.4, -0.2) is 23.6 Å². The fraction of sp³-hybridized carbons (Fsp3) is 0.421. The third-order valence-corrected chi connectivity index (χ3v) is 3.96. The van der Waals surface area contributed by atoms with Crippen molar-refractivity contribution in [3.8, 4) is 5.75 Å². The lowest BCUT2D eigenvalue weighted by Crippen LogP contribution is -2.44. The van der Waals surface area contributed by atoms with Crippen LogP contribution < -0.4 is 15.6 Å². The molecule has 0 bridgehead atoms. The van der Waals surface area contributed by atoms with Crippen LogP contribution >= 0.6 is 0 Å². The summed E-state index contributed by atoms with van der Waals surface area (Å²) < 4.78 is 10.7. The monoisotopic (exact) mass is 359 g/mol. The molecular formula is C19H25N3O4. The highest BCUT2D eigenvalue weighted by Gasteiger charge is 2.19. The van der Waals surface area contributed by atoms with Crippen LogP contribution in [0.15, 0.2) is 22.7 Å². The summed E-state index contributed by atoms with van der Waals surface area (Å²) >= 11 is 0. The zero-order chi connectivity index (χ0) is 19.3. The molecule has 2 amide bonds. The maximum Gasteiger partial charge on any atom is 0.276 e. The Labute approximate surface area is 153 Å². The summed E-state index contributed by atoms with van der Waals surface area (Å²) in [4.78, 5) is 24.2. The normalized spacial score (nSPS) is 10.7. The lowest BCUT2D eigenvalue weighted by Gasteiger charge is -2.15. The Morgan fingerprint density at radius 2 is 1.96 bits per heavy atom. The summed E-state index contributed by atoms with van der Waals surface area (Å²) in [6.07, 6.45) is 0.558. The molecule has 2 rings (SSSR count). The van der Waals surface area contributed by atoms with Crippen LogP contribution in [-0.2, 0) is 11.2 Å². The number of ether oxygens (including phenoxy) is 1. The van der Waals surface area contributed by atoms with Crippen LogP contribution in [0, 0.1) is 13.8 Å². The van der Waals surface area contributed by atoms with E-state index in [-0.39, 0.29) is 12.5 Å². The van der Waals surface area contributed by atoms with Crippen molar-refractivity contribution in [1.29, 1.82) is 0 Å². The Morgan fingerprint density at radius 1 is 1.23 bits per heavy atom. The molecule has 0 aliphatic carbocycles. The van der Waals surface area contributed by atoms with E-state index in [0.29, 0.717) is 29.2 Å². The molecule has 0 unspecified atom stereocenters. The molecule has 2 aromatic rings. The van der Waals surface area contributed by atoms with Gasteiger partial charge in [-0.1, -0.05) is 38.1 Å². The van der Waals surface area contributed by atoms with E-state index in [1.165, 1.54) is 0 Å². The number of hydrazine groups is 1. The van der Waals surface area contributed by atoms with Gasteiger partial charge in [0.25, 0.3) is 11.8 Å². The van der Waals surface area contributed by atoms with Crippen molar-refractivity contribution >= 4 is 11.8 Å². The highest BCUT2D eigenvalue weighted by atomic mass is 16.5. The second-order valence-electron chi connectivity index (χ2n) is 6.40. The molecule has 0 spiro atoms. The number of amides is 2. The second-order valence-corrected chi connectivity index (χ2v) is 6.40. The zero-order valence-electron chi connectivity index (χ0n) is 15.8. The Morgan fingerprint density at radius 3 is 2.62 bits per heavy atom. The van der Waals surface area contributed by atoms with E-state index < -0.39 is 11.8 Å². The van der Waals surface area contributed by atoms with E-state index in [2.05, 4.69) is 29.9 Å². The molecule has 0 saturated carbocycles. The Kier molecular flexibility index (Phi) is 6.38. The number of aryl methyl sites for hydroxylation is 3. The van der Waals surface area contributed by atoms with Gasteiger partial charge in [-0.25, -0.2) is 0 Å². The van der Waals surface area contributed by atoms with E-state index >= 15 is 0 Å². The number of carbonyl (C=O) groups is 2. The molecule has 0 atom stereocenters. The Balaban J connectivity index is 1.93. The van der Waals surface area contributed by atoms with Crippen LogP contribution in [0.3, 0.4) is 0 Å². The summed E-state index contributed by atoms with van der Waals surface area (Å²) in [5.74, 6) is 0.433. The van der Waals surface area contributed by atoms with E-state index in [4.69, 9.17) is 9.26 Å². The Hall–Kier alpha value is -2.83. The number of nitrogens with zero attached hydrogens (tertiary/aromatic N) is 1. The van der Waals surface area contributed by atoms with Crippen LogP contribution in [0.2, 0.25) is 0 Å². The number of hydrogen-bond acceptors (Lipinski definition) is 5. The molecule has 0 aliphatic rings. The lowest BCUT2D eigenvalue weighted by atomic mass is 10.0. The quantitative estimate of drug-likeness (QED) is 0.774. The molecule has 140 valence electrons. The summed E-state index contributed by atoms with van der Waals surface area (Å²) in [6, 6.07) is 5.90. The molecule has 7 nitrogen and oxygen atoms in total. The van der Waals surface area contributed by atoms with Gasteiger partial charge in [-0.2, -0.15) is 0 Å². The SMILES string of the molecule is CCc1noc(C)c1C(=O)NNC(=O)COc1cc(C)ccc1C(C)C. The van der Waals surface area contributed by atoms with Gasteiger partial charge in [-0.05, 0) is 43.4 Å². The van der Waals surface area contributed by atoms with E-state index in [1.54, 1.807) is 6.92 Å². The molecule has 0 fully saturated rings. The molecule has 2 N–H and O–H groups in total. The number of benzene rings is 1. The molecule has 1 aromatic carbocycles. The highest BCUT2D eigenvalue weighted by molar-refractivity contribution is 5.97. The first-order valence-electron chi connectivity index (χ1n) is 8.61. The fourth-order valence-electron chi connectivity index (χ4n) is 2.56. The van der Waals surface area contributed by atoms with Gasteiger partial charge in [-0.3, -0.25) is 20.4 Å². The minimum atomic E-state index is -0.465. The molecule has 0 saturated heterocycles. The van der Waals surface area contributed by atoms with Gasteiger partial charge in [0.15, 0.2) is 6.61 Å². The van der Waals surface area contributed by atoms with Gasteiger partial charge in [0.05, 0.1) is 5.69 Å². The van der Waals surface area contributed by atoms with Crippen molar-refractivity contribution < 1.29 is 18.8 Å². The predicted octanol–water partition coefficient (Wildman–Crippen LogP) is 2.82. The van der Waals surface area contributed by atoms with Crippen LogP contribution in [0.25, 0.3) is 0 Å². The second kappa shape index (κ2) is 8.51. The number of rotatable bonds is 6. The smallest absolute Gasteiger partial charge is 0.276 e. The summed E-state index contributed by atoms with van der Waals surface area (Å²) in [5, 5.41) is 3.82. The average molecular weight is 359 g/mol. The van der Waals surface area contributed by atoms with Gasteiger partial charge in [0, 0.05) is 0 Å². The molecular weight excluding hydrogens is 334 g/mol. The average Bonchev–Trinajstić information content (AvgIpc) is 2.98. The standard InChI is InChI=1S/C19H25N3O4/c1-6-15-18(13(5)26-22-15)19(24)21-20-17(23)10-25-16-9-12(4)7-8-14(16)11(2)3/h7-9,11H,6,10H2,1-5H3,(H,20,23)(H,21,24). The van der Waals surface area contributed by atoms with Crippen molar-refractivity contribution in [3.63, 3.8) is 0 Å². The van der Waals surface area contributed by atoms with Crippen molar-refractivity contribution in [3.05, 3.63) is 46.3 Å². The van der Waals surface area contributed by atoms with Gasteiger partial charge in [-0.15, -0.1) is 0 Å². The maximum atomic E-state index is 12.2. The summed E-state index contributed by atoms with van der Waals surface area (Å²) in [5.41, 5.74) is 7.68. The number of nitrogens with one attached hydrogen (secondary N) is 2. The van der Waals surface area contributed by atoms with Gasteiger partial charge < -0.3 is 9.26 Å². The molecule has 1 heterocycles. The van der Waals surface area contributed by atoms with E-state index in [1.807, 2.05) is 32.0 Å². The molecule has 1 aromatic heterocycles. The first-order chi connectivity index (χ1) is 12.3. The van der Waals surface area contributed by atoms with E-state index in [0.717, 1.165) is 11.1 Å². The number of hydrogen-bond donors (Lipinski definition) is 2. The number of aromatic nitrogens is 1. The molecule has 0 aliphatic heterocycles. The topological polar surface area (TPSA) is 93.5 Å². The lowest BCUT2D eigenvalue weighted by molar-refractivity contribution is -0.123. The minimum absolute atomic E-state index is 0.202. The summed E-state index contributed by atoms with van der Waals surface area (Å²) in [7, 11) is 0. The largest absolute Gasteiger partial charge is 0.483 e. The first-order valence-corrected chi connectivity index (χ1v) is 8.61. The fourth-order valence-corrected chi connectivity index (χ4v) is 2.56. The third kappa shape index (κ3) is 4.62. The molecule has 26 heavy (non-hydrogen) atoms. The zero-order valence-corrected chi connectivity index (χ0v) is 15.8. The molecule has 0 radical (unpaired) electrons. The van der Waals surface area contributed by atoms with Gasteiger partial charge in [0.1, 0.15) is 17.1 Å². The van der Waals surface area contributed by atoms with Crippen molar-refractivity contribution in [2.75, 3.05) is 6.61 Å². The first kappa shape index (κ1) is 19.5. The van der Waals surface area contributed by atoms with Crippen molar-refractivity contribution in [1.82, 2.24) is 16.0 Å². The maximum absolute atomic E-state index is 12.2. The highest BCUT2D eigenvalue weighted by Crippen LogP contribution is 2.27. The van der Waals surface area contributed by atoms with Crippen LogP contribution in [0.1, 0.15) is 59.6 Å². The van der Waals surface area contributed by atoms with Crippen LogP contribution in [0.4, 0.5) is 0 Å². The van der Waals surface area contributed by atoms with E-state index in [9.17, 15) is 9.59 Å². The number of carbonyl (C=O) groups excluding carboxylic acids is 2. The van der Waals surface area contributed by atoms with Crippen molar-refractivity contribution in [2.24, 2.45) is 0 Å². The van der Waals surface area contributed by atoms with Crippen LogP contribution in [0.5, 0.6) is 5.75 Å². The minimum Gasteiger partial charge on any atom is -0.483 e. The van der Waals surface area contributed by atoms with Gasteiger partial charge in [0.2, 0.25) is 0 Å². The Bertz CT molecular complexity index is 796. The molecule has 7 heteroatoms. The van der Waals surface area contributed by atoms with Gasteiger partial charge >= 0.3 is 0 Å². The summed E-state index contributed by atoms with van der Waals surface area (Å²) in [6.45, 7) is 9.40. The van der Waals surface area contributed by atoms with Crippen molar-refractivity contribution in [2.45, 2.75) is 47.0 Å². The third-order valence-electron chi connectivity index (χ3n) is 3.96.